The Morgan fingerprint density at radius 2 is 2.12 bits per heavy atom. The van der Waals surface area contributed by atoms with Crippen LogP contribution in [0.3, 0.4) is 0 Å². The van der Waals surface area contributed by atoms with Gasteiger partial charge in [-0.1, -0.05) is 12.1 Å². The maximum absolute atomic E-state index is 11.4. The third-order valence-electron chi connectivity index (χ3n) is 2.39. The molecule has 4 heteroatoms. The van der Waals surface area contributed by atoms with Gasteiger partial charge < -0.3 is 9.32 Å². The van der Waals surface area contributed by atoms with Gasteiger partial charge in [0.15, 0.2) is 11.5 Å². The summed E-state index contributed by atoms with van der Waals surface area (Å²) in [5, 5.41) is 0. The molecular formula is C12H14N2O2. The maximum atomic E-state index is 11.4. The number of hydrogen-bond donors (Lipinski definition) is 0. The Bertz CT molecular complexity index is 469. The number of rotatable bonds is 3. The van der Waals surface area contributed by atoms with Crippen LogP contribution in [0.4, 0.5) is 0 Å². The summed E-state index contributed by atoms with van der Waals surface area (Å²) in [6.07, 6.45) is 0.978. The highest BCUT2D eigenvalue weighted by atomic mass is 16.3. The number of fused-ring (bicyclic) bond motifs is 1. The molecule has 0 spiro atoms. The van der Waals surface area contributed by atoms with E-state index in [-0.39, 0.29) is 5.91 Å². The maximum Gasteiger partial charge on any atom is 0.222 e. The Morgan fingerprint density at radius 3 is 2.81 bits per heavy atom. The summed E-state index contributed by atoms with van der Waals surface area (Å²) >= 11 is 0. The lowest BCUT2D eigenvalue weighted by atomic mass is 10.3. The highest BCUT2D eigenvalue weighted by molar-refractivity contribution is 5.76. The Labute approximate surface area is 93.9 Å². The molecule has 0 bridgehead atoms. The lowest BCUT2D eigenvalue weighted by Gasteiger charge is -2.08. The summed E-state index contributed by atoms with van der Waals surface area (Å²) in [6.45, 7) is 0. The number of carbonyl (C=O) groups excluding carboxylic acids is 1. The highest BCUT2D eigenvalue weighted by Crippen LogP contribution is 2.15. The Balaban J connectivity index is 2.07. The minimum Gasteiger partial charge on any atom is -0.441 e. The molecule has 0 aliphatic heterocycles. The fourth-order valence-electron chi connectivity index (χ4n) is 1.46. The van der Waals surface area contributed by atoms with Crippen molar-refractivity contribution in [2.45, 2.75) is 12.8 Å². The van der Waals surface area contributed by atoms with Crippen LogP contribution in [-0.4, -0.2) is 29.9 Å². The number of benzene rings is 1. The molecule has 0 saturated heterocycles. The molecule has 0 unspecified atom stereocenters. The first kappa shape index (κ1) is 10.7. The molecule has 1 amide bonds. The van der Waals surface area contributed by atoms with Gasteiger partial charge in [0.25, 0.3) is 0 Å². The summed E-state index contributed by atoms with van der Waals surface area (Å²) < 4.78 is 5.52. The van der Waals surface area contributed by atoms with Gasteiger partial charge in [0.05, 0.1) is 0 Å². The first-order valence-electron chi connectivity index (χ1n) is 5.21. The molecule has 0 aliphatic carbocycles. The first-order chi connectivity index (χ1) is 7.66. The Morgan fingerprint density at radius 1 is 1.38 bits per heavy atom. The zero-order chi connectivity index (χ0) is 11.5. The van der Waals surface area contributed by atoms with Gasteiger partial charge in [-0.15, -0.1) is 0 Å². The van der Waals surface area contributed by atoms with Crippen LogP contribution in [0.15, 0.2) is 28.7 Å². The van der Waals surface area contributed by atoms with Crippen LogP contribution in [0.2, 0.25) is 0 Å². The lowest BCUT2D eigenvalue weighted by molar-refractivity contribution is -0.128. The monoisotopic (exact) mass is 218 g/mol. The van der Waals surface area contributed by atoms with E-state index in [0.717, 1.165) is 11.1 Å². The van der Waals surface area contributed by atoms with E-state index in [2.05, 4.69) is 4.98 Å². The van der Waals surface area contributed by atoms with E-state index in [4.69, 9.17) is 4.42 Å². The van der Waals surface area contributed by atoms with E-state index < -0.39 is 0 Å². The number of hydrogen-bond acceptors (Lipinski definition) is 3. The summed E-state index contributed by atoms with van der Waals surface area (Å²) in [6, 6.07) is 7.59. The van der Waals surface area contributed by atoms with Gasteiger partial charge in [-0.2, -0.15) is 0 Å². The highest BCUT2D eigenvalue weighted by Gasteiger charge is 2.09. The van der Waals surface area contributed by atoms with Crippen molar-refractivity contribution in [1.29, 1.82) is 0 Å². The number of carbonyl (C=O) groups is 1. The van der Waals surface area contributed by atoms with Crippen LogP contribution >= 0.6 is 0 Å². The minimum atomic E-state index is 0.0854. The normalized spacial score (nSPS) is 10.6. The van der Waals surface area contributed by atoms with Crippen LogP contribution in [0.25, 0.3) is 11.1 Å². The topological polar surface area (TPSA) is 46.3 Å². The van der Waals surface area contributed by atoms with Crippen LogP contribution in [-0.2, 0) is 11.2 Å². The number of amides is 1. The van der Waals surface area contributed by atoms with Crippen LogP contribution in [0.5, 0.6) is 0 Å². The largest absolute Gasteiger partial charge is 0.441 e. The summed E-state index contributed by atoms with van der Waals surface area (Å²) in [4.78, 5) is 17.3. The number of para-hydroxylation sites is 2. The van der Waals surface area contributed by atoms with E-state index >= 15 is 0 Å². The second-order valence-corrected chi connectivity index (χ2v) is 3.86. The average Bonchev–Trinajstić information content (AvgIpc) is 2.68. The summed E-state index contributed by atoms with van der Waals surface area (Å²) in [5.41, 5.74) is 1.62. The van der Waals surface area contributed by atoms with E-state index in [1.807, 2.05) is 24.3 Å². The second-order valence-electron chi connectivity index (χ2n) is 3.86. The van der Waals surface area contributed by atoms with Crippen molar-refractivity contribution in [3.05, 3.63) is 30.2 Å². The summed E-state index contributed by atoms with van der Waals surface area (Å²) in [5.74, 6) is 0.707. The molecule has 0 saturated carbocycles. The van der Waals surface area contributed by atoms with Crippen molar-refractivity contribution in [2.24, 2.45) is 0 Å². The molecule has 2 rings (SSSR count). The van der Waals surface area contributed by atoms with Crippen molar-refractivity contribution >= 4 is 17.0 Å². The lowest BCUT2D eigenvalue weighted by Crippen LogP contribution is -2.21. The molecule has 0 aliphatic rings. The molecule has 2 aromatic rings. The van der Waals surface area contributed by atoms with Crippen LogP contribution in [0, 0.1) is 0 Å². The van der Waals surface area contributed by atoms with Gasteiger partial charge in [0, 0.05) is 26.9 Å². The number of aryl methyl sites for hydroxylation is 1. The molecule has 0 radical (unpaired) electrons. The third kappa shape index (κ3) is 2.21. The average molecular weight is 218 g/mol. The van der Waals surface area contributed by atoms with Crippen molar-refractivity contribution in [3.63, 3.8) is 0 Å². The van der Waals surface area contributed by atoms with Crippen molar-refractivity contribution in [2.75, 3.05) is 14.1 Å². The van der Waals surface area contributed by atoms with Gasteiger partial charge in [-0.25, -0.2) is 4.98 Å². The predicted molar refractivity (Wildman–Crippen MR) is 61.0 cm³/mol. The standard InChI is InChI=1S/C12H14N2O2/c1-14(2)12(15)8-7-11-13-9-5-3-4-6-10(9)16-11/h3-6H,7-8H2,1-2H3. The number of oxazole rings is 1. The van der Waals surface area contributed by atoms with E-state index in [9.17, 15) is 4.79 Å². The number of aromatic nitrogens is 1. The molecule has 0 atom stereocenters. The second kappa shape index (κ2) is 4.35. The summed E-state index contributed by atoms with van der Waals surface area (Å²) in [7, 11) is 3.49. The Hall–Kier alpha value is -1.84. The SMILES string of the molecule is CN(C)C(=O)CCc1nc2ccccc2o1. The van der Waals surface area contributed by atoms with Gasteiger partial charge in [-0.3, -0.25) is 4.79 Å². The van der Waals surface area contributed by atoms with E-state index in [1.165, 1.54) is 0 Å². The first-order valence-corrected chi connectivity index (χ1v) is 5.21. The fourth-order valence-corrected chi connectivity index (χ4v) is 1.46. The Kier molecular flexibility index (Phi) is 2.90. The van der Waals surface area contributed by atoms with Gasteiger partial charge in [0.2, 0.25) is 5.91 Å². The van der Waals surface area contributed by atoms with Gasteiger partial charge in [0.1, 0.15) is 5.52 Å². The minimum absolute atomic E-state index is 0.0854. The smallest absolute Gasteiger partial charge is 0.222 e. The molecule has 16 heavy (non-hydrogen) atoms. The van der Waals surface area contributed by atoms with E-state index in [1.54, 1.807) is 19.0 Å². The molecule has 0 N–H and O–H groups in total. The van der Waals surface area contributed by atoms with Crippen LogP contribution in [0.1, 0.15) is 12.3 Å². The zero-order valence-electron chi connectivity index (χ0n) is 9.43. The molecule has 84 valence electrons. The van der Waals surface area contributed by atoms with Gasteiger partial charge in [-0.05, 0) is 12.1 Å². The van der Waals surface area contributed by atoms with Crippen molar-refractivity contribution in [3.8, 4) is 0 Å². The number of nitrogens with zero attached hydrogens (tertiary/aromatic N) is 2. The molecule has 1 heterocycles. The van der Waals surface area contributed by atoms with Crippen molar-refractivity contribution in [1.82, 2.24) is 9.88 Å². The zero-order valence-corrected chi connectivity index (χ0v) is 9.43. The molecule has 0 fully saturated rings. The van der Waals surface area contributed by atoms with Gasteiger partial charge >= 0.3 is 0 Å². The van der Waals surface area contributed by atoms with Crippen molar-refractivity contribution < 1.29 is 9.21 Å². The third-order valence-corrected chi connectivity index (χ3v) is 2.39. The predicted octanol–water partition coefficient (Wildman–Crippen LogP) is 1.85. The molecule has 4 nitrogen and oxygen atoms in total. The molecule has 1 aromatic carbocycles. The van der Waals surface area contributed by atoms with Crippen LogP contribution < -0.4 is 0 Å². The molecule has 1 aromatic heterocycles. The molecular weight excluding hydrogens is 204 g/mol. The van der Waals surface area contributed by atoms with E-state index in [0.29, 0.717) is 18.7 Å². The quantitative estimate of drug-likeness (QED) is 0.789. The fraction of sp³-hybridized carbons (Fsp3) is 0.333.